The first-order valence-electron chi connectivity index (χ1n) is 4.64. The Hall–Kier alpha value is -0.0800. The minimum Gasteiger partial charge on any atom is -0.380 e. The molecule has 1 rings (SSSR count). The number of nitrogens with one attached hydrogen (secondary N) is 1. The second-order valence-electron chi connectivity index (χ2n) is 3.22. The highest BCUT2D eigenvalue weighted by Gasteiger charge is 2.23. The lowest BCUT2D eigenvalue weighted by molar-refractivity contribution is 0.0425. The molecule has 0 aromatic carbocycles. The van der Waals surface area contributed by atoms with Gasteiger partial charge in [-0.15, -0.1) is 0 Å². The third-order valence-corrected chi connectivity index (χ3v) is 2.47. The van der Waals surface area contributed by atoms with Crippen molar-refractivity contribution in [1.29, 1.82) is 0 Å². The molecule has 0 saturated heterocycles. The van der Waals surface area contributed by atoms with E-state index in [1.165, 1.54) is 25.7 Å². The molecule has 0 amide bonds. The summed E-state index contributed by atoms with van der Waals surface area (Å²) in [5, 5.41) is 3.46. The van der Waals surface area contributed by atoms with Crippen molar-refractivity contribution >= 4 is 0 Å². The first-order valence-corrected chi connectivity index (χ1v) is 4.64. The molecule has 0 radical (unpaired) electrons. The van der Waals surface area contributed by atoms with Gasteiger partial charge in [-0.25, -0.2) is 0 Å². The Bertz CT molecular complexity index is 104. The Balaban J connectivity index is 2.31. The molecular weight excluding hydrogens is 138 g/mol. The zero-order valence-electron chi connectivity index (χ0n) is 7.60. The summed E-state index contributed by atoms with van der Waals surface area (Å²) in [7, 11) is 1.82. The van der Waals surface area contributed by atoms with Crippen LogP contribution in [0.3, 0.4) is 0 Å². The summed E-state index contributed by atoms with van der Waals surface area (Å²) in [6, 6.07) is 0.610. The van der Waals surface area contributed by atoms with Crippen LogP contribution in [0.2, 0.25) is 0 Å². The number of hydrogen-bond donors (Lipinski definition) is 1. The fourth-order valence-electron chi connectivity index (χ4n) is 1.87. The molecule has 0 unspecified atom stereocenters. The van der Waals surface area contributed by atoms with Gasteiger partial charge < -0.3 is 10.1 Å². The van der Waals surface area contributed by atoms with Gasteiger partial charge in [0.15, 0.2) is 0 Å². The monoisotopic (exact) mass is 157 g/mol. The molecule has 1 aliphatic rings. The van der Waals surface area contributed by atoms with E-state index in [4.69, 9.17) is 4.74 Å². The van der Waals surface area contributed by atoms with Gasteiger partial charge in [0.05, 0.1) is 6.10 Å². The molecule has 0 aromatic rings. The van der Waals surface area contributed by atoms with Gasteiger partial charge in [0.25, 0.3) is 0 Å². The van der Waals surface area contributed by atoms with Crippen LogP contribution in [-0.2, 0) is 4.74 Å². The second-order valence-corrected chi connectivity index (χ2v) is 3.22. The van der Waals surface area contributed by atoms with Crippen LogP contribution in [-0.4, -0.2) is 25.8 Å². The van der Waals surface area contributed by atoms with Crippen molar-refractivity contribution in [2.75, 3.05) is 13.7 Å². The summed E-state index contributed by atoms with van der Waals surface area (Å²) >= 11 is 0. The van der Waals surface area contributed by atoms with E-state index >= 15 is 0 Å². The van der Waals surface area contributed by atoms with Gasteiger partial charge in [-0.1, -0.05) is 19.8 Å². The van der Waals surface area contributed by atoms with Crippen molar-refractivity contribution in [2.24, 2.45) is 0 Å². The minimum atomic E-state index is 0.462. The SMILES string of the molecule is CCN[C@@H]1CCCC[C@@H]1OC. The first kappa shape index (κ1) is 9.01. The van der Waals surface area contributed by atoms with Crippen LogP contribution < -0.4 is 5.32 Å². The van der Waals surface area contributed by atoms with Crippen molar-refractivity contribution in [3.05, 3.63) is 0 Å². The Kier molecular flexibility index (Phi) is 3.87. The van der Waals surface area contributed by atoms with E-state index in [0.717, 1.165) is 6.54 Å². The molecule has 2 nitrogen and oxygen atoms in total. The molecule has 0 bridgehead atoms. The van der Waals surface area contributed by atoms with E-state index in [9.17, 15) is 0 Å². The fraction of sp³-hybridized carbons (Fsp3) is 1.00. The average molecular weight is 157 g/mol. The average Bonchev–Trinajstić information content (AvgIpc) is 2.06. The third kappa shape index (κ3) is 2.46. The normalized spacial score (nSPS) is 32.2. The van der Waals surface area contributed by atoms with Gasteiger partial charge in [-0.2, -0.15) is 0 Å². The summed E-state index contributed by atoms with van der Waals surface area (Å²) in [5.41, 5.74) is 0. The lowest BCUT2D eigenvalue weighted by Crippen LogP contribution is -2.42. The quantitative estimate of drug-likeness (QED) is 0.671. The van der Waals surface area contributed by atoms with Gasteiger partial charge in [-0.05, 0) is 19.4 Å². The summed E-state index contributed by atoms with van der Waals surface area (Å²) in [5.74, 6) is 0. The molecule has 66 valence electrons. The van der Waals surface area contributed by atoms with Crippen molar-refractivity contribution < 1.29 is 4.74 Å². The van der Waals surface area contributed by atoms with E-state index in [1.54, 1.807) is 0 Å². The highest BCUT2D eigenvalue weighted by atomic mass is 16.5. The van der Waals surface area contributed by atoms with E-state index in [0.29, 0.717) is 12.1 Å². The highest BCUT2D eigenvalue weighted by molar-refractivity contribution is 4.80. The first-order chi connectivity index (χ1) is 5.38. The van der Waals surface area contributed by atoms with E-state index in [-0.39, 0.29) is 0 Å². The molecule has 0 aromatic heterocycles. The van der Waals surface area contributed by atoms with Gasteiger partial charge in [-0.3, -0.25) is 0 Å². The van der Waals surface area contributed by atoms with E-state index in [1.807, 2.05) is 7.11 Å². The fourth-order valence-corrected chi connectivity index (χ4v) is 1.87. The molecule has 1 N–H and O–H groups in total. The van der Waals surface area contributed by atoms with Crippen molar-refractivity contribution in [3.8, 4) is 0 Å². The maximum atomic E-state index is 5.39. The lowest BCUT2D eigenvalue weighted by Gasteiger charge is -2.30. The van der Waals surface area contributed by atoms with Gasteiger partial charge in [0.1, 0.15) is 0 Å². The Morgan fingerprint density at radius 2 is 2.09 bits per heavy atom. The molecule has 2 atom stereocenters. The number of ether oxygens (including phenoxy) is 1. The van der Waals surface area contributed by atoms with Gasteiger partial charge in [0.2, 0.25) is 0 Å². The van der Waals surface area contributed by atoms with Gasteiger partial charge in [0, 0.05) is 13.2 Å². The summed E-state index contributed by atoms with van der Waals surface area (Å²) in [6.07, 6.45) is 5.67. The maximum absolute atomic E-state index is 5.39. The molecule has 1 saturated carbocycles. The largest absolute Gasteiger partial charge is 0.380 e. The van der Waals surface area contributed by atoms with Crippen LogP contribution in [0.25, 0.3) is 0 Å². The molecular formula is C9H19NO. The number of methoxy groups -OCH3 is 1. The molecule has 0 spiro atoms. The van der Waals surface area contributed by atoms with Crippen LogP contribution in [0, 0.1) is 0 Å². The lowest BCUT2D eigenvalue weighted by atomic mass is 9.92. The Morgan fingerprint density at radius 3 is 2.73 bits per heavy atom. The topological polar surface area (TPSA) is 21.3 Å². The van der Waals surface area contributed by atoms with Crippen LogP contribution >= 0.6 is 0 Å². The third-order valence-electron chi connectivity index (χ3n) is 2.47. The van der Waals surface area contributed by atoms with Crippen LogP contribution in [0.4, 0.5) is 0 Å². The molecule has 11 heavy (non-hydrogen) atoms. The standard InChI is InChI=1S/C9H19NO/c1-3-10-8-6-4-5-7-9(8)11-2/h8-10H,3-7H2,1-2H3/t8-,9+/m1/s1. The zero-order valence-corrected chi connectivity index (χ0v) is 7.60. The predicted molar refractivity (Wildman–Crippen MR) is 46.7 cm³/mol. The van der Waals surface area contributed by atoms with Crippen LogP contribution in [0.1, 0.15) is 32.6 Å². The molecule has 1 aliphatic carbocycles. The number of rotatable bonds is 3. The Labute approximate surface area is 69.3 Å². The van der Waals surface area contributed by atoms with Crippen molar-refractivity contribution in [2.45, 2.75) is 44.8 Å². The van der Waals surface area contributed by atoms with E-state index in [2.05, 4.69) is 12.2 Å². The molecule has 1 fully saturated rings. The maximum Gasteiger partial charge on any atom is 0.0724 e. The number of likely N-dealkylation sites (N-methyl/N-ethyl adjacent to an activating group) is 1. The zero-order chi connectivity index (χ0) is 8.10. The molecule has 0 aliphatic heterocycles. The second kappa shape index (κ2) is 4.73. The highest BCUT2D eigenvalue weighted by Crippen LogP contribution is 2.20. The van der Waals surface area contributed by atoms with Gasteiger partial charge >= 0.3 is 0 Å². The molecule has 0 heterocycles. The van der Waals surface area contributed by atoms with Crippen LogP contribution in [0.15, 0.2) is 0 Å². The number of hydrogen-bond acceptors (Lipinski definition) is 2. The summed E-state index contributed by atoms with van der Waals surface area (Å²) in [4.78, 5) is 0. The molecule has 2 heteroatoms. The minimum absolute atomic E-state index is 0.462. The van der Waals surface area contributed by atoms with Crippen molar-refractivity contribution in [3.63, 3.8) is 0 Å². The van der Waals surface area contributed by atoms with Crippen LogP contribution in [0.5, 0.6) is 0 Å². The summed E-state index contributed by atoms with van der Waals surface area (Å²) in [6.45, 7) is 3.21. The Morgan fingerprint density at radius 1 is 1.36 bits per heavy atom. The van der Waals surface area contributed by atoms with Crippen molar-refractivity contribution in [1.82, 2.24) is 5.32 Å². The summed E-state index contributed by atoms with van der Waals surface area (Å²) < 4.78 is 5.39. The predicted octanol–water partition coefficient (Wildman–Crippen LogP) is 1.55. The van der Waals surface area contributed by atoms with E-state index < -0.39 is 0 Å². The smallest absolute Gasteiger partial charge is 0.0724 e.